The number of halogens is 2. The summed E-state index contributed by atoms with van der Waals surface area (Å²) in [6, 6.07) is 8.92. The van der Waals surface area contributed by atoms with Gasteiger partial charge in [-0.3, -0.25) is 14.4 Å². The molecule has 1 aliphatic heterocycles. The van der Waals surface area contributed by atoms with E-state index in [1.807, 2.05) is 0 Å². The summed E-state index contributed by atoms with van der Waals surface area (Å²) in [7, 11) is 3.13. The number of aliphatic carboxylic acids is 3. The molecule has 0 saturated carbocycles. The highest BCUT2D eigenvalue weighted by Gasteiger charge is 2.40. The van der Waals surface area contributed by atoms with Gasteiger partial charge in [0.2, 0.25) is 0 Å². The number of carbonyl (C=O) groups excluding carboxylic acids is 1. The zero-order chi connectivity index (χ0) is 33.7. The molecule has 16 heteroatoms. The van der Waals surface area contributed by atoms with Crippen molar-refractivity contribution in [3.63, 3.8) is 0 Å². The number of nitrogen functional groups attached to an aromatic ring is 1. The molecule has 2 atom stereocenters. The van der Waals surface area contributed by atoms with Crippen LogP contribution in [0.2, 0.25) is 5.02 Å². The van der Waals surface area contributed by atoms with E-state index in [4.69, 9.17) is 52.0 Å². The van der Waals surface area contributed by atoms with Crippen molar-refractivity contribution in [2.75, 3.05) is 46.2 Å². The SMILES string of the molecule is COc1cc(N)c(Cl)cc1C(=O)N[C@@H]1CCN(CCCOc2ccc(F)cc2)C[C@@H]1OC.O=C(O)CC(O)(CC(=O)O)C(=O)O. The number of carbonyl (C=O) groups is 4. The number of carboxylic acids is 3. The molecule has 2 aromatic carbocycles. The molecule has 0 radical (unpaired) electrons. The summed E-state index contributed by atoms with van der Waals surface area (Å²) in [5.41, 5.74) is 3.75. The number of aliphatic hydroxyl groups is 1. The Labute approximate surface area is 263 Å². The molecule has 2 aromatic rings. The molecule has 45 heavy (non-hydrogen) atoms. The highest BCUT2D eigenvalue weighted by Crippen LogP contribution is 2.29. The number of hydrogen-bond donors (Lipinski definition) is 6. The predicted octanol–water partition coefficient (Wildman–Crippen LogP) is 2.11. The zero-order valence-corrected chi connectivity index (χ0v) is 25.5. The van der Waals surface area contributed by atoms with E-state index < -0.39 is 36.4 Å². The average molecular weight is 658 g/mol. The van der Waals surface area contributed by atoms with Crippen LogP contribution in [0.4, 0.5) is 10.1 Å². The Balaban J connectivity index is 0.000000459. The van der Waals surface area contributed by atoms with Crippen LogP contribution in [0.1, 0.15) is 36.0 Å². The van der Waals surface area contributed by atoms with Gasteiger partial charge < -0.3 is 50.6 Å². The second-order valence-electron chi connectivity index (χ2n) is 10.2. The number of anilines is 1. The number of nitrogens with zero attached hydrogens (tertiary/aromatic N) is 1. The van der Waals surface area contributed by atoms with Crippen molar-refractivity contribution in [1.82, 2.24) is 10.2 Å². The van der Waals surface area contributed by atoms with E-state index >= 15 is 0 Å². The fraction of sp³-hybridized carbons (Fsp3) is 0.448. The first-order chi connectivity index (χ1) is 21.2. The molecule has 248 valence electrons. The fourth-order valence-corrected chi connectivity index (χ4v) is 4.64. The minimum Gasteiger partial charge on any atom is -0.496 e. The van der Waals surface area contributed by atoms with Crippen molar-refractivity contribution < 1.29 is 58.2 Å². The lowest BCUT2D eigenvalue weighted by atomic mass is 9.96. The normalized spacial score (nSPS) is 16.6. The summed E-state index contributed by atoms with van der Waals surface area (Å²) in [5, 5.41) is 37.2. The van der Waals surface area contributed by atoms with E-state index in [0.717, 1.165) is 25.9 Å². The third kappa shape index (κ3) is 11.7. The lowest BCUT2D eigenvalue weighted by Crippen LogP contribution is -2.55. The number of methoxy groups -OCH3 is 2. The molecule has 0 aliphatic carbocycles. The molecule has 7 N–H and O–H groups in total. The maximum atomic E-state index is 12.9. The Bertz CT molecular complexity index is 1310. The molecular formula is C29H37ClFN3O11. The van der Waals surface area contributed by atoms with Crippen LogP contribution in [0.15, 0.2) is 36.4 Å². The van der Waals surface area contributed by atoms with E-state index in [9.17, 15) is 23.6 Å². The van der Waals surface area contributed by atoms with Crippen LogP contribution in [-0.2, 0) is 19.1 Å². The number of hydrogen-bond acceptors (Lipinski definition) is 10. The van der Waals surface area contributed by atoms with Gasteiger partial charge in [-0.2, -0.15) is 0 Å². The number of ether oxygens (including phenoxy) is 3. The topological polar surface area (TPSA) is 218 Å². The van der Waals surface area contributed by atoms with Crippen LogP contribution in [0.5, 0.6) is 11.5 Å². The van der Waals surface area contributed by atoms with Crippen LogP contribution in [-0.4, -0.2) is 107 Å². The van der Waals surface area contributed by atoms with Gasteiger partial charge in [0.15, 0.2) is 5.60 Å². The molecule has 0 unspecified atom stereocenters. The molecule has 0 aromatic heterocycles. The largest absolute Gasteiger partial charge is 0.496 e. The number of nitrogens with two attached hydrogens (primary N) is 1. The molecule has 0 spiro atoms. The number of benzene rings is 2. The Hall–Kier alpha value is -4.18. The van der Waals surface area contributed by atoms with Crippen molar-refractivity contribution in [1.29, 1.82) is 0 Å². The molecule has 1 amide bonds. The van der Waals surface area contributed by atoms with Gasteiger partial charge in [-0.1, -0.05) is 11.6 Å². The number of amides is 1. The van der Waals surface area contributed by atoms with Gasteiger partial charge in [0.1, 0.15) is 17.3 Å². The summed E-state index contributed by atoms with van der Waals surface area (Å²) < 4.78 is 29.5. The molecule has 1 heterocycles. The van der Waals surface area contributed by atoms with Gasteiger partial charge in [0.25, 0.3) is 5.91 Å². The molecule has 0 bridgehead atoms. The quantitative estimate of drug-likeness (QED) is 0.127. The summed E-state index contributed by atoms with van der Waals surface area (Å²) in [4.78, 5) is 45.6. The van der Waals surface area contributed by atoms with Gasteiger partial charge in [-0.15, -0.1) is 0 Å². The molecule has 1 fully saturated rings. The van der Waals surface area contributed by atoms with E-state index in [-0.39, 0.29) is 23.9 Å². The van der Waals surface area contributed by atoms with Crippen molar-refractivity contribution in [2.24, 2.45) is 0 Å². The van der Waals surface area contributed by atoms with E-state index in [1.54, 1.807) is 25.3 Å². The second kappa shape index (κ2) is 17.3. The summed E-state index contributed by atoms with van der Waals surface area (Å²) in [6.45, 7) is 2.89. The van der Waals surface area contributed by atoms with E-state index in [1.165, 1.54) is 25.3 Å². The summed E-state index contributed by atoms with van der Waals surface area (Å²) >= 11 is 6.09. The number of piperidine rings is 1. The maximum Gasteiger partial charge on any atom is 0.336 e. The molecular weight excluding hydrogens is 621 g/mol. The highest BCUT2D eigenvalue weighted by atomic mass is 35.5. The van der Waals surface area contributed by atoms with Gasteiger partial charge >= 0.3 is 17.9 Å². The summed E-state index contributed by atoms with van der Waals surface area (Å²) in [6.07, 6.45) is -0.871. The number of carboxylic acid groups (broad SMARTS) is 3. The maximum absolute atomic E-state index is 12.9. The summed E-state index contributed by atoms with van der Waals surface area (Å²) in [5.74, 6) is -4.56. The van der Waals surface area contributed by atoms with E-state index in [0.29, 0.717) is 40.9 Å². The minimum atomic E-state index is -2.74. The first-order valence-corrected chi connectivity index (χ1v) is 14.0. The predicted molar refractivity (Wildman–Crippen MR) is 159 cm³/mol. The number of rotatable bonds is 14. The van der Waals surface area contributed by atoms with Crippen molar-refractivity contribution in [3.8, 4) is 11.5 Å². The van der Waals surface area contributed by atoms with Crippen LogP contribution < -0.4 is 20.5 Å². The van der Waals surface area contributed by atoms with Crippen LogP contribution in [0, 0.1) is 5.82 Å². The lowest BCUT2D eigenvalue weighted by molar-refractivity contribution is -0.170. The molecule has 1 aliphatic rings. The first-order valence-electron chi connectivity index (χ1n) is 13.7. The third-order valence-electron chi connectivity index (χ3n) is 6.81. The zero-order valence-electron chi connectivity index (χ0n) is 24.7. The average Bonchev–Trinajstić information content (AvgIpc) is 2.97. The molecule has 1 saturated heterocycles. The Morgan fingerprint density at radius 3 is 2.24 bits per heavy atom. The molecule has 14 nitrogen and oxygen atoms in total. The number of nitrogens with one attached hydrogen (secondary N) is 1. The minimum absolute atomic E-state index is 0.139. The van der Waals surface area contributed by atoms with Gasteiger partial charge in [-0.05, 0) is 43.2 Å². The highest BCUT2D eigenvalue weighted by molar-refractivity contribution is 6.33. The van der Waals surface area contributed by atoms with Crippen LogP contribution >= 0.6 is 11.6 Å². The van der Waals surface area contributed by atoms with Crippen molar-refractivity contribution in [2.45, 2.75) is 43.4 Å². The first kappa shape index (κ1) is 37.0. The van der Waals surface area contributed by atoms with Gasteiger partial charge in [-0.25, -0.2) is 9.18 Å². The standard InChI is InChI=1S/C23H29ClFN3O4.C6H8O7/c1-30-21-13-19(26)18(24)12-17(21)23(29)27-20-8-10-28(14-22(20)31-2)9-3-11-32-16-6-4-15(25)5-7-16;7-3(8)1-6(13,5(11)12)2-4(9)10/h4-7,12-13,20,22H,3,8-11,14,26H2,1-2H3,(H,27,29);13H,1-2H2,(H,7,8)(H,9,10)(H,11,12)/t20-,22+;/m1./s1. The monoisotopic (exact) mass is 657 g/mol. The Morgan fingerprint density at radius 1 is 1.09 bits per heavy atom. The van der Waals surface area contributed by atoms with Gasteiger partial charge in [0, 0.05) is 32.8 Å². The Kier molecular flexibility index (Phi) is 14.3. The van der Waals surface area contributed by atoms with Crippen molar-refractivity contribution >= 4 is 41.1 Å². The fourth-order valence-electron chi connectivity index (χ4n) is 4.47. The lowest BCUT2D eigenvalue weighted by Gasteiger charge is -2.38. The van der Waals surface area contributed by atoms with Crippen LogP contribution in [0.3, 0.4) is 0 Å². The Morgan fingerprint density at radius 2 is 1.71 bits per heavy atom. The van der Waals surface area contributed by atoms with Crippen molar-refractivity contribution in [3.05, 3.63) is 52.8 Å². The third-order valence-corrected chi connectivity index (χ3v) is 7.14. The molecule has 3 rings (SSSR count). The van der Waals surface area contributed by atoms with Gasteiger partial charge in [0.05, 0.1) is 55.0 Å². The number of likely N-dealkylation sites (tertiary alicyclic amines) is 1. The van der Waals surface area contributed by atoms with Crippen LogP contribution in [0.25, 0.3) is 0 Å². The smallest absolute Gasteiger partial charge is 0.336 e. The second-order valence-corrected chi connectivity index (χ2v) is 10.6. The van der Waals surface area contributed by atoms with E-state index in [2.05, 4.69) is 10.2 Å².